The molecule has 3 amide bonds. The number of nitrogens with zero attached hydrogens (tertiary/aromatic N) is 3. The predicted octanol–water partition coefficient (Wildman–Crippen LogP) is 4.42. The van der Waals surface area contributed by atoms with Crippen molar-refractivity contribution in [2.75, 3.05) is 26.2 Å². The van der Waals surface area contributed by atoms with E-state index in [1.165, 1.54) is 6.42 Å². The zero-order chi connectivity index (χ0) is 26.4. The van der Waals surface area contributed by atoms with Gasteiger partial charge >= 0.3 is 6.03 Å². The molecule has 1 aliphatic heterocycles. The van der Waals surface area contributed by atoms with E-state index in [-0.39, 0.29) is 30.1 Å². The third kappa shape index (κ3) is 7.18. The summed E-state index contributed by atoms with van der Waals surface area (Å²) in [4.78, 5) is 33.4. The minimum atomic E-state index is -0.267. The zero-order valence-electron chi connectivity index (χ0n) is 22.7. The maximum atomic E-state index is 13.8. The lowest BCUT2D eigenvalue weighted by Crippen LogP contribution is -2.59. The Kier molecular flexibility index (Phi) is 10.1. The monoisotopic (exact) mass is 531 g/mol. The fourth-order valence-electron chi connectivity index (χ4n) is 6.16. The van der Waals surface area contributed by atoms with E-state index in [2.05, 4.69) is 24.1 Å². The second-order valence-electron chi connectivity index (χ2n) is 11.2. The first-order chi connectivity index (χ1) is 17.9. The summed E-state index contributed by atoms with van der Waals surface area (Å²) in [6, 6.07) is 8.90. The summed E-state index contributed by atoms with van der Waals surface area (Å²) in [7, 11) is 0. The number of piperidine rings is 1. The van der Waals surface area contributed by atoms with Gasteiger partial charge in [-0.15, -0.1) is 0 Å². The van der Waals surface area contributed by atoms with Crippen LogP contribution in [0.3, 0.4) is 0 Å². The van der Waals surface area contributed by atoms with Crippen molar-refractivity contribution in [3.05, 3.63) is 34.9 Å². The quantitative estimate of drug-likeness (QED) is 0.494. The van der Waals surface area contributed by atoms with E-state index in [0.29, 0.717) is 36.6 Å². The lowest BCUT2D eigenvalue weighted by molar-refractivity contribution is -0.135. The number of amides is 3. The fraction of sp³-hybridized carbons (Fsp3) is 0.724. The first-order valence-electron chi connectivity index (χ1n) is 14.5. The second-order valence-corrected chi connectivity index (χ2v) is 11.6. The number of nitrogens with two attached hydrogens (primary N) is 1. The summed E-state index contributed by atoms with van der Waals surface area (Å²) in [6.07, 6.45) is 9.78. The van der Waals surface area contributed by atoms with E-state index in [9.17, 15) is 9.59 Å². The van der Waals surface area contributed by atoms with Crippen LogP contribution >= 0.6 is 11.6 Å². The van der Waals surface area contributed by atoms with Crippen molar-refractivity contribution in [3.8, 4) is 0 Å². The van der Waals surface area contributed by atoms with Gasteiger partial charge in [0, 0.05) is 55.4 Å². The van der Waals surface area contributed by atoms with Gasteiger partial charge in [0.25, 0.3) is 0 Å². The summed E-state index contributed by atoms with van der Waals surface area (Å²) < 4.78 is 0. The highest BCUT2D eigenvalue weighted by molar-refractivity contribution is 6.30. The number of urea groups is 1. The van der Waals surface area contributed by atoms with E-state index in [0.717, 1.165) is 70.0 Å². The average molecular weight is 532 g/mol. The maximum Gasteiger partial charge on any atom is 0.320 e. The normalized spacial score (nSPS) is 23.8. The van der Waals surface area contributed by atoms with Crippen molar-refractivity contribution in [1.82, 2.24) is 20.0 Å². The molecule has 4 rings (SSSR count). The molecule has 3 fully saturated rings. The Morgan fingerprint density at radius 1 is 0.973 bits per heavy atom. The SMILES string of the molecule is CCN(CC)C(=O)N(C1CCC1)C1CCN(C(=O)[C@@H](Cc2ccc(Cl)cc2)NC2CCC(N)CC2)CC1. The molecule has 1 atom stereocenters. The number of nitrogens with one attached hydrogen (secondary N) is 1. The smallest absolute Gasteiger partial charge is 0.320 e. The predicted molar refractivity (Wildman–Crippen MR) is 150 cm³/mol. The number of hydrogen-bond acceptors (Lipinski definition) is 4. The highest BCUT2D eigenvalue weighted by Crippen LogP contribution is 2.31. The second kappa shape index (κ2) is 13.3. The number of carbonyl (C=O) groups excluding carboxylic acids is 2. The fourth-order valence-corrected chi connectivity index (χ4v) is 6.29. The van der Waals surface area contributed by atoms with Crippen molar-refractivity contribution >= 4 is 23.5 Å². The Morgan fingerprint density at radius 2 is 1.57 bits per heavy atom. The molecule has 2 aliphatic carbocycles. The molecule has 3 aliphatic rings. The number of likely N-dealkylation sites (tertiary alicyclic amines) is 1. The molecule has 0 aromatic heterocycles. The average Bonchev–Trinajstić information content (AvgIpc) is 2.88. The molecule has 2 saturated carbocycles. The van der Waals surface area contributed by atoms with Crippen molar-refractivity contribution in [3.63, 3.8) is 0 Å². The summed E-state index contributed by atoms with van der Waals surface area (Å²) in [6.45, 7) is 6.98. The van der Waals surface area contributed by atoms with E-state index >= 15 is 0 Å². The van der Waals surface area contributed by atoms with Crippen LogP contribution in [0.15, 0.2) is 24.3 Å². The van der Waals surface area contributed by atoms with Crippen LogP contribution in [0.1, 0.15) is 77.2 Å². The summed E-state index contributed by atoms with van der Waals surface area (Å²) in [5, 5.41) is 4.41. The Bertz CT molecular complexity index is 873. The van der Waals surface area contributed by atoms with Crippen LogP contribution in [-0.2, 0) is 11.2 Å². The van der Waals surface area contributed by atoms with Crippen LogP contribution in [-0.4, -0.2) is 83.0 Å². The largest absolute Gasteiger partial charge is 0.341 e. The molecule has 8 heteroatoms. The number of hydrogen-bond donors (Lipinski definition) is 2. The van der Waals surface area contributed by atoms with Gasteiger partial charge in [-0.2, -0.15) is 0 Å². The first kappa shape index (κ1) is 28.2. The molecule has 1 saturated heterocycles. The molecule has 1 aromatic rings. The Hall–Kier alpha value is -1.83. The molecule has 0 radical (unpaired) electrons. The zero-order valence-corrected chi connectivity index (χ0v) is 23.5. The minimum Gasteiger partial charge on any atom is -0.341 e. The first-order valence-corrected chi connectivity index (χ1v) is 14.9. The molecule has 1 aromatic carbocycles. The van der Waals surface area contributed by atoms with Crippen LogP contribution in [0.5, 0.6) is 0 Å². The number of rotatable bonds is 9. The van der Waals surface area contributed by atoms with Gasteiger partial charge in [-0.1, -0.05) is 23.7 Å². The molecular weight excluding hydrogens is 486 g/mol. The third-order valence-electron chi connectivity index (χ3n) is 8.75. The molecule has 3 N–H and O–H groups in total. The number of halogens is 1. The minimum absolute atomic E-state index is 0.175. The van der Waals surface area contributed by atoms with Gasteiger partial charge in [0.05, 0.1) is 6.04 Å². The van der Waals surface area contributed by atoms with Gasteiger partial charge in [0.15, 0.2) is 0 Å². The van der Waals surface area contributed by atoms with Crippen LogP contribution < -0.4 is 11.1 Å². The topological polar surface area (TPSA) is 81.9 Å². The van der Waals surface area contributed by atoms with Gasteiger partial charge in [0.2, 0.25) is 5.91 Å². The van der Waals surface area contributed by atoms with Crippen LogP contribution in [0.2, 0.25) is 5.02 Å². The Labute approximate surface area is 228 Å². The van der Waals surface area contributed by atoms with Gasteiger partial charge in [-0.05, 0) is 95.8 Å². The van der Waals surface area contributed by atoms with Crippen molar-refractivity contribution in [2.24, 2.45) is 5.73 Å². The van der Waals surface area contributed by atoms with Gasteiger partial charge in [-0.3, -0.25) is 4.79 Å². The number of benzene rings is 1. The Balaban J connectivity index is 1.41. The summed E-state index contributed by atoms with van der Waals surface area (Å²) in [5.41, 5.74) is 7.24. The molecule has 206 valence electrons. The highest BCUT2D eigenvalue weighted by atomic mass is 35.5. The van der Waals surface area contributed by atoms with E-state index in [4.69, 9.17) is 17.3 Å². The van der Waals surface area contributed by atoms with Gasteiger partial charge in [0.1, 0.15) is 0 Å². The highest BCUT2D eigenvalue weighted by Gasteiger charge is 2.39. The molecule has 0 unspecified atom stereocenters. The van der Waals surface area contributed by atoms with E-state index in [1.54, 1.807) is 0 Å². The summed E-state index contributed by atoms with van der Waals surface area (Å²) >= 11 is 6.10. The third-order valence-corrected chi connectivity index (χ3v) is 9.00. The molecule has 7 nitrogen and oxygen atoms in total. The molecular formula is C29H46ClN5O2. The Morgan fingerprint density at radius 3 is 2.11 bits per heavy atom. The van der Waals surface area contributed by atoms with Crippen LogP contribution in [0.25, 0.3) is 0 Å². The molecule has 1 heterocycles. The van der Waals surface area contributed by atoms with Crippen LogP contribution in [0, 0.1) is 0 Å². The maximum absolute atomic E-state index is 13.8. The van der Waals surface area contributed by atoms with Crippen molar-refractivity contribution in [1.29, 1.82) is 0 Å². The standard InChI is InChI=1S/C29H46ClN5O2/c1-3-33(4-2)29(37)35(25-6-5-7-25)26-16-18-34(19-17-26)28(36)27(20-21-8-10-22(30)11-9-21)32-24-14-12-23(31)13-15-24/h8-11,23-27,32H,3-7,12-20,31H2,1-2H3/t23?,24?,27-/m1/s1. The lowest BCUT2D eigenvalue weighted by Gasteiger charge is -2.47. The van der Waals surface area contributed by atoms with Crippen molar-refractivity contribution in [2.45, 2.75) is 108 Å². The van der Waals surface area contributed by atoms with E-state index in [1.807, 2.05) is 34.1 Å². The van der Waals surface area contributed by atoms with E-state index < -0.39 is 0 Å². The van der Waals surface area contributed by atoms with Crippen LogP contribution in [0.4, 0.5) is 4.79 Å². The molecule has 0 spiro atoms. The van der Waals surface area contributed by atoms with Crippen molar-refractivity contribution < 1.29 is 9.59 Å². The summed E-state index contributed by atoms with van der Waals surface area (Å²) in [5.74, 6) is 0.175. The number of carbonyl (C=O) groups is 2. The molecule has 0 bridgehead atoms. The van der Waals surface area contributed by atoms with Gasteiger partial charge < -0.3 is 25.8 Å². The van der Waals surface area contributed by atoms with Gasteiger partial charge in [-0.25, -0.2) is 4.79 Å². The molecule has 37 heavy (non-hydrogen) atoms. The lowest BCUT2D eigenvalue weighted by atomic mass is 9.88.